The minimum atomic E-state index is -1.13. The van der Waals surface area contributed by atoms with Gasteiger partial charge in [0.25, 0.3) is 11.8 Å². The molecule has 2 amide bonds. The summed E-state index contributed by atoms with van der Waals surface area (Å²) in [4.78, 5) is 67.4. The average molecular weight is 683 g/mol. The van der Waals surface area contributed by atoms with Gasteiger partial charge in [0, 0.05) is 31.7 Å². The summed E-state index contributed by atoms with van der Waals surface area (Å²) in [5.74, 6) is -2.27. The van der Waals surface area contributed by atoms with Gasteiger partial charge in [-0.25, -0.2) is 9.59 Å². The second-order valence-corrected chi connectivity index (χ2v) is 12.7. The van der Waals surface area contributed by atoms with Crippen molar-refractivity contribution in [3.05, 3.63) is 63.6 Å². The van der Waals surface area contributed by atoms with E-state index < -0.39 is 11.9 Å². The molecule has 0 aliphatic carbocycles. The Morgan fingerprint density at radius 2 is 1.23 bits per heavy atom. The van der Waals surface area contributed by atoms with Gasteiger partial charge < -0.3 is 30.2 Å². The summed E-state index contributed by atoms with van der Waals surface area (Å²) in [6.07, 6.45) is 9.09. The molecular formula is C32H34N4O9S2. The van der Waals surface area contributed by atoms with Crippen molar-refractivity contribution in [3.63, 3.8) is 0 Å². The molecule has 13 nitrogen and oxygen atoms in total. The molecule has 47 heavy (non-hydrogen) atoms. The van der Waals surface area contributed by atoms with Crippen LogP contribution < -0.4 is 0 Å². The zero-order chi connectivity index (χ0) is 33.9. The van der Waals surface area contributed by atoms with Crippen molar-refractivity contribution >= 4 is 70.0 Å². The first-order chi connectivity index (χ1) is 22.5. The topological polar surface area (TPSA) is 197 Å². The fourth-order valence-corrected chi connectivity index (χ4v) is 6.69. The zero-order valence-corrected chi connectivity index (χ0v) is 27.0. The molecule has 0 atom stereocenters. The van der Waals surface area contributed by atoms with Gasteiger partial charge in [0.1, 0.15) is 11.5 Å². The number of hydrogen-bond acceptors (Lipinski definition) is 11. The van der Waals surface area contributed by atoms with E-state index in [4.69, 9.17) is 15.3 Å². The monoisotopic (exact) mass is 682 g/mol. The van der Waals surface area contributed by atoms with Crippen molar-refractivity contribution in [2.75, 3.05) is 31.9 Å². The van der Waals surface area contributed by atoms with Crippen LogP contribution in [0, 0.1) is 0 Å². The van der Waals surface area contributed by atoms with Gasteiger partial charge in [-0.05, 0) is 92.8 Å². The number of rotatable bonds is 4. The number of aldehydes is 1. The number of carboxylic acid groups (broad SMARTS) is 2. The van der Waals surface area contributed by atoms with Crippen LogP contribution in [0.25, 0.3) is 6.08 Å². The van der Waals surface area contributed by atoms with E-state index in [0.717, 1.165) is 50.3 Å². The summed E-state index contributed by atoms with van der Waals surface area (Å²) < 4.78 is 0. The Bertz CT molecular complexity index is 1630. The van der Waals surface area contributed by atoms with E-state index in [1.807, 2.05) is 0 Å². The van der Waals surface area contributed by atoms with E-state index in [0.29, 0.717) is 27.7 Å². The minimum Gasteiger partial charge on any atom is -0.507 e. The summed E-state index contributed by atoms with van der Waals surface area (Å²) in [7, 11) is 0. The summed E-state index contributed by atoms with van der Waals surface area (Å²) in [6, 6.07) is 7.49. The minimum absolute atomic E-state index is 0.0186. The number of likely N-dealkylation sites (tertiary alicyclic amines) is 2. The Labute approximate surface area is 279 Å². The number of amides is 2. The molecule has 2 saturated heterocycles. The molecule has 6 rings (SSSR count). The van der Waals surface area contributed by atoms with Gasteiger partial charge >= 0.3 is 11.9 Å². The Kier molecular flexibility index (Phi) is 12.6. The summed E-state index contributed by atoms with van der Waals surface area (Å²) >= 11 is 2.86. The van der Waals surface area contributed by atoms with E-state index in [9.17, 15) is 29.1 Å². The predicted octanol–water partition coefficient (Wildman–Crippen LogP) is 4.55. The fraction of sp³-hybridized carbons (Fsp3) is 0.344. The van der Waals surface area contributed by atoms with Crippen molar-refractivity contribution in [1.29, 1.82) is 0 Å². The number of carbonyl (C=O) groups excluding carboxylic acids is 3. The smallest absolute Gasteiger partial charge is 0.335 e. The fourth-order valence-electron chi connectivity index (χ4n) is 4.89. The second kappa shape index (κ2) is 16.8. The highest BCUT2D eigenvalue weighted by Gasteiger charge is 2.27. The SMILES string of the molecule is O=C1CSC(N2CCCCC2)=N1.O=C1N=C(N2CCCCC2)S/C1=C\c1cc(C(=O)O)ccc1O.O=Cc1cc(C(=O)O)ccc1O. The molecule has 4 aliphatic rings. The third-order valence-electron chi connectivity index (χ3n) is 7.37. The van der Waals surface area contributed by atoms with Gasteiger partial charge in [-0.15, -0.1) is 0 Å². The number of carboxylic acids is 2. The van der Waals surface area contributed by atoms with Gasteiger partial charge in [0.2, 0.25) is 0 Å². The van der Waals surface area contributed by atoms with Crippen molar-refractivity contribution < 1.29 is 44.4 Å². The second-order valence-electron chi connectivity index (χ2n) is 10.8. The van der Waals surface area contributed by atoms with Crippen LogP contribution in [0.1, 0.15) is 75.2 Å². The highest BCUT2D eigenvalue weighted by Crippen LogP contribution is 2.33. The summed E-state index contributed by atoms with van der Waals surface area (Å²) in [5.41, 5.74) is 0.322. The maximum Gasteiger partial charge on any atom is 0.335 e. The van der Waals surface area contributed by atoms with Crippen LogP contribution in [-0.2, 0) is 9.59 Å². The number of carbonyl (C=O) groups is 5. The first kappa shape index (κ1) is 35.2. The highest BCUT2D eigenvalue weighted by molar-refractivity contribution is 8.18. The van der Waals surface area contributed by atoms with Crippen molar-refractivity contribution in [3.8, 4) is 11.5 Å². The van der Waals surface area contributed by atoms with Gasteiger partial charge in [0.05, 0.1) is 27.3 Å². The van der Waals surface area contributed by atoms with Gasteiger partial charge in [-0.1, -0.05) is 11.8 Å². The molecule has 4 N–H and O–H groups in total. The predicted molar refractivity (Wildman–Crippen MR) is 179 cm³/mol. The Morgan fingerprint density at radius 3 is 1.72 bits per heavy atom. The quantitative estimate of drug-likeness (QED) is 0.259. The number of amidine groups is 2. The van der Waals surface area contributed by atoms with Crippen LogP contribution in [0.3, 0.4) is 0 Å². The number of thioether (sulfide) groups is 2. The molecule has 0 saturated carbocycles. The van der Waals surface area contributed by atoms with Gasteiger partial charge in [-0.3, -0.25) is 14.4 Å². The Hall–Kier alpha value is -4.63. The number of aliphatic imine (C=N–C) groups is 2. The van der Waals surface area contributed by atoms with Crippen molar-refractivity contribution in [1.82, 2.24) is 9.80 Å². The van der Waals surface area contributed by atoms with E-state index in [2.05, 4.69) is 19.8 Å². The van der Waals surface area contributed by atoms with E-state index in [1.165, 1.54) is 73.9 Å². The third kappa shape index (κ3) is 9.93. The van der Waals surface area contributed by atoms with E-state index >= 15 is 0 Å². The highest BCUT2D eigenvalue weighted by atomic mass is 32.2. The molecular weight excluding hydrogens is 649 g/mol. The lowest BCUT2D eigenvalue weighted by molar-refractivity contribution is -0.115. The molecule has 15 heteroatoms. The lowest BCUT2D eigenvalue weighted by Crippen LogP contribution is -2.33. The van der Waals surface area contributed by atoms with Crippen LogP contribution in [-0.4, -0.2) is 103 Å². The number of piperidine rings is 2. The summed E-state index contributed by atoms with van der Waals surface area (Å²) in [5, 5.41) is 38.0. The number of benzene rings is 2. The lowest BCUT2D eigenvalue weighted by atomic mass is 10.1. The van der Waals surface area contributed by atoms with Crippen LogP contribution in [0.15, 0.2) is 51.3 Å². The molecule has 4 aliphatic heterocycles. The summed E-state index contributed by atoms with van der Waals surface area (Å²) in [6.45, 7) is 3.95. The van der Waals surface area contributed by atoms with E-state index in [-0.39, 0.29) is 40.0 Å². The van der Waals surface area contributed by atoms with Crippen LogP contribution in [0.4, 0.5) is 0 Å². The molecule has 2 aromatic carbocycles. The molecule has 2 aromatic rings. The number of phenols is 2. The number of aromatic carboxylic acids is 2. The molecule has 0 bridgehead atoms. The van der Waals surface area contributed by atoms with Crippen LogP contribution in [0.5, 0.6) is 11.5 Å². The molecule has 0 spiro atoms. The van der Waals surface area contributed by atoms with Crippen LogP contribution >= 0.6 is 23.5 Å². The number of hydrogen-bond donors (Lipinski definition) is 4. The Morgan fingerprint density at radius 1 is 0.723 bits per heavy atom. The average Bonchev–Trinajstić information content (AvgIpc) is 3.68. The number of nitrogens with zero attached hydrogens (tertiary/aromatic N) is 4. The molecule has 2 fully saturated rings. The lowest BCUT2D eigenvalue weighted by Gasteiger charge is -2.27. The molecule has 248 valence electrons. The number of phenolic OH excluding ortho intramolecular Hbond substituents is 2. The maximum absolute atomic E-state index is 12.1. The van der Waals surface area contributed by atoms with Crippen molar-refractivity contribution in [2.24, 2.45) is 9.98 Å². The van der Waals surface area contributed by atoms with Gasteiger partial charge in [0.15, 0.2) is 16.6 Å². The molecule has 4 heterocycles. The Balaban J connectivity index is 0.000000176. The standard InChI is InChI=1S/C16H16N2O4S.C8H12N2OS.C8H6O4/c19-12-5-4-10(15(21)22)8-11(12)9-13-14(20)17-16(23-13)18-6-2-1-3-7-18;11-7-6-12-8(9-7)10-4-2-1-3-5-10;9-4-6-3-5(8(11)12)1-2-7(6)10/h4-5,8-9,19H,1-3,6-7H2,(H,21,22);1-6H2;1-4,10H,(H,11,12)/b13-9-;;. The first-order valence-electron chi connectivity index (χ1n) is 14.9. The van der Waals surface area contributed by atoms with E-state index in [1.54, 1.807) is 11.8 Å². The number of aromatic hydroxyl groups is 2. The maximum atomic E-state index is 12.1. The normalized spacial score (nSPS) is 18.4. The molecule has 0 unspecified atom stereocenters. The van der Waals surface area contributed by atoms with Crippen LogP contribution in [0.2, 0.25) is 0 Å². The van der Waals surface area contributed by atoms with Gasteiger partial charge in [-0.2, -0.15) is 9.98 Å². The largest absolute Gasteiger partial charge is 0.507 e. The zero-order valence-electron chi connectivity index (χ0n) is 25.3. The third-order valence-corrected chi connectivity index (χ3v) is 9.41. The molecule has 0 aromatic heterocycles. The molecule has 0 radical (unpaired) electrons. The first-order valence-corrected chi connectivity index (χ1v) is 16.7. The van der Waals surface area contributed by atoms with Crippen molar-refractivity contribution in [2.45, 2.75) is 38.5 Å².